The molecule has 33 heavy (non-hydrogen) atoms. The molecule has 9 nitrogen and oxygen atoms in total. The molecule has 0 unspecified atom stereocenters. The topological polar surface area (TPSA) is 105 Å². The molecule has 0 bridgehead atoms. The Hall–Kier alpha value is -3.60. The highest BCUT2D eigenvalue weighted by Crippen LogP contribution is 2.41. The third kappa shape index (κ3) is 5.08. The number of aromatic nitrogens is 2. The molecule has 0 spiro atoms. The molecule has 1 aromatic carbocycles. The summed E-state index contributed by atoms with van der Waals surface area (Å²) in [6, 6.07) is 5.71. The largest absolute Gasteiger partial charge is 0.586 e. The molecular weight excluding hydrogens is 438 g/mol. The van der Waals surface area contributed by atoms with E-state index < -0.39 is 11.9 Å². The van der Waals surface area contributed by atoms with Crippen LogP contribution < -0.4 is 9.47 Å². The van der Waals surface area contributed by atoms with E-state index in [1.807, 2.05) is 0 Å². The van der Waals surface area contributed by atoms with Crippen LogP contribution in [0.1, 0.15) is 35.6 Å². The number of carbonyl (C=O) groups is 2. The normalized spacial score (nSPS) is 17.5. The van der Waals surface area contributed by atoms with E-state index in [0.717, 1.165) is 0 Å². The fourth-order valence-electron chi connectivity index (χ4n) is 3.44. The van der Waals surface area contributed by atoms with Gasteiger partial charge in [0.1, 0.15) is 17.6 Å². The quantitative estimate of drug-likeness (QED) is 0.696. The molecule has 0 aliphatic carbocycles. The van der Waals surface area contributed by atoms with Crippen molar-refractivity contribution in [2.24, 2.45) is 0 Å². The summed E-state index contributed by atoms with van der Waals surface area (Å²) in [6.45, 7) is 4.43. The van der Waals surface area contributed by atoms with Crippen LogP contribution in [0.15, 0.2) is 36.7 Å². The highest BCUT2D eigenvalue weighted by Gasteiger charge is 2.43. The number of carbonyl (C=O) groups excluding carboxylic acids is 2. The molecule has 1 fully saturated rings. The third-order valence-electron chi connectivity index (χ3n) is 5.24. The lowest BCUT2D eigenvalue weighted by Gasteiger charge is -2.34. The lowest BCUT2D eigenvalue weighted by Crippen LogP contribution is -2.50. The number of nitrogens with zero attached hydrogens (tertiary/aromatic N) is 4. The van der Waals surface area contributed by atoms with E-state index in [9.17, 15) is 23.5 Å². The van der Waals surface area contributed by atoms with E-state index in [0.29, 0.717) is 37.4 Å². The van der Waals surface area contributed by atoms with E-state index in [1.54, 1.807) is 23.6 Å². The van der Waals surface area contributed by atoms with Gasteiger partial charge in [-0.25, -0.2) is 9.97 Å². The number of hydrogen-bond donors (Lipinski definition) is 1. The highest BCUT2D eigenvalue weighted by atomic mass is 19.3. The Morgan fingerprint density at radius 3 is 2.42 bits per heavy atom. The van der Waals surface area contributed by atoms with Crippen LogP contribution in [0.5, 0.6) is 11.5 Å². The molecule has 3 heterocycles. The molecular formula is C22H22F2N4O5. The summed E-state index contributed by atoms with van der Waals surface area (Å²) >= 11 is 0. The molecule has 0 saturated carbocycles. The first-order valence-corrected chi connectivity index (χ1v) is 10.2. The minimum absolute atomic E-state index is 0.0670. The van der Waals surface area contributed by atoms with Crippen molar-refractivity contribution in [2.75, 3.05) is 26.2 Å². The van der Waals surface area contributed by atoms with Crippen LogP contribution in [0.3, 0.4) is 0 Å². The SMILES string of the molecule is CC(C)(O)c1cc(C(=O)N2CCN(C(=O)/C=C/c3ccc4c(c3)OC(F)(F)O4)CC2)ncn1. The van der Waals surface area contributed by atoms with E-state index in [2.05, 4.69) is 19.4 Å². The van der Waals surface area contributed by atoms with Crippen molar-refractivity contribution in [1.82, 2.24) is 19.8 Å². The van der Waals surface area contributed by atoms with E-state index in [4.69, 9.17) is 0 Å². The number of halogens is 2. The fraction of sp³-hybridized carbons (Fsp3) is 0.364. The fourth-order valence-corrected chi connectivity index (χ4v) is 3.44. The van der Waals surface area contributed by atoms with Crippen molar-refractivity contribution in [1.29, 1.82) is 0 Å². The Morgan fingerprint density at radius 1 is 1.06 bits per heavy atom. The number of benzene rings is 1. The summed E-state index contributed by atoms with van der Waals surface area (Å²) in [5.74, 6) is -0.735. The molecule has 2 aliphatic heterocycles. The monoisotopic (exact) mass is 460 g/mol. The lowest BCUT2D eigenvalue weighted by atomic mass is 10.0. The summed E-state index contributed by atoms with van der Waals surface area (Å²) in [4.78, 5) is 36.5. The standard InChI is InChI=1S/C22H22F2N4O5/c1-21(2,31)18-12-15(25-13-26-18)20(30)28-9-7-27(8-10-28)19(29)6-4-14-3-5-16-17(11-14)33-22(23,24)32-16/h3-6,11-13,31H,7-10H2,1-2H3/b6-4+. The smallest absolute Gasteiger partial charge is 0.395 e. The van der Waals surface area contributed by atoms with Crippen molar-refractivity contribution in [3.8, 4) is 11.5 Å². The Balaban J connectivity index is 1.34. The molecule has 2 aliphatic rings. The first-order valence-electron chi connectivity index (χ1n) is 10.2. The summed E-state index contributed by atoms with van der Waals surface area (Å²) < 4.78 is 35.0. The zero-order valence-electron chi connectivity index (χ0n) is 18.0. The van der Waals surface area contributed by atoms with Gasteiger partial charge in [-0.15, -0.1) is 8.78 Å². The van der Waals surface area contributed by atoms with Crippen molar-refractivity contribution < 1.29 is 33.0 Å². The minimum Gasteiger partial charge on any atom is -0.395 e. The Labute approximate surface area is 188 Å². The van der Waals surface area contributed by atoms with Crippen LogP contribution in [-0.2, 0) is 10.4 Å². The Bertz CT molecular complexity index is 1110. The van der Waals surface area contributed by atoms with Crippen LogP contribution in [-0.4, -0.2) is 69.2 Å². The Kier molecular flexibility index (Phi) is 5.75. The van der Waals surface area contributed by atoms with E-state index in [1.165, 1.54) is 42.7 Å². The predicted octanol–water partition coefficient (Wildman–Crippen LogP) is 2.02. The molecule has 174 valence electrons. The number of piperazine rings is 1. The average molecular weight is 460 g/mol. The first kappa shape index (κ1) is 22.6. The van der Waals surface area contributed by atoms with Gasteiger partial charge in [0, 0.05) is 32.3 Å². The van der Waals surface area contributed by atoms with Gasteiger partial charge in [0.2, 0.25) is 5.91 Å². The summed E-state index contributed by atoms with van der Waals surface area (Å²) in [7, 11) is 0. The second-order valence-electron chi connectivity index (χ2n) is 8.17. The van der Waals surface area contributed by atoms with Gasteiger partial charge in [0.15, 0.2) is 11.5 Å². The Morgan fingerprint density at radius 2 is 1.73 bits per heavy atom. The van der Waals surface area contributed by atoms with Crippen LogP contribution in [0.2, 0.25) is 0 Å². The molecule has 1 N–H and O–H groups in total. The first-order chi connectivity index (χ1) is 15.5. The predicted molar refractivity (Wildman–Crippen MR) is 111 cm³/mol. The molecule has 4 rings (SSSR count). The lowest BCUT2D eigenvalue weighted by molar-refractivity contribution is -0.286. The number of hydrogen-bond acceptors (Lipinski definition) is 7. The summed E-state index contributed by atoms with van der Waals surface area (Å²) in [5.41, 5.74) is -0.181. The van der Waals surface area contributed by atoms with Crippen molar-refractivity contribution in [2.45, 2.75) is 25.7 Å². The van der Waals surface area contributed by atoms with Crippen LogP contribution in [0.25, 0.3) is 6.08 Å². The maximum Gasteiger partial charge on any atom is 0.586 e. The highest BCUT2D eigenvalue weighted by molar-refractivity contribution is 5.94. The van der Waals surface area contributed by atoms with Crippen LogP contribution in [0.4, 0.5) is 8.78 Å². The minimum atomic E-state index is -3.70. The van der Waals surface area contributed by atoms with Crippen molar-refractivity contribution in [3.05, 3.63) is 53.6 Å². The van der Waals surface area contributed by atoms with Crippen molar-refractivity contribution in [3.63, 3.8) is 0 Å². The molecule has 0 atom stereocenters. The molecule has 2 amide bonds. The zero-order valence-corrected chi connectivity index (χ0v) is 18.0. The van der Waals surface area contributed by atoms with Gasteiger partial charge in [0.25, 0.3) is 5.91 Å². The van der Waals surface area contributed by atoms with Gasteiger partial charge in [-0.1, -0.05) is 6.07 Å². The van der Waals surface area contributed by atoms with Crippen molar-refractivity contribution >= 4 is 17.9 Å². The van der Waals surface area contributed by atoms with Gasteiger partial charge in [-0.2, -0.15) is 0 Å². The number of amides is 2. The third-order valence-corrected chi connectivity index (χ3v) is 5.24. The summed E-state index contributed by atoms with van der Waals surface area (Å²) in [6.07, 6.45) is 0.383. The van der Waals surface area contributed by atoms with Gasteiger partial charge in [-0.05, 0) is 43.7 Å². The molecule has 11 heteroatoms. The number of ether oxygens (including phenoxy) is 2. The second-order valence-corrected chi connectivity index (χ2v) is 8.17. The van der Waals surface area contributed by atoms with Crippen LogP contribution in [0, 0.1) is 0 Å². The number of rotatable bonds is 4. The van der Waals surface area contributed by atoms with Gasteiger partial charge in [-0.3, -0.25) is 9.59 Å². The molecule has 0 radical (unpaired) electrons. The molecule has 2 aromatic rings. The average Bonchev–Trinajstić information content (AvgIpc) is 3.09. The van der Waals surface area contributed by atoms with E-state index in [-0.39, 0.29) is 29.0 Å². The van der Waals surface area contributed by atoms with Gasteiger partial charge >= 0.3 is 6.29 Å². The number of alkyl halides is 2. The van der Waals surface area contributed by atoms with E-state index >= 15 is 0 Å². The number of fused-ring (bicyclic) bond motifs is 1. The summed E-state index contributed by atoms with van der Waals surface area (Å²) in [5, 5.41) is 10.1. The van der Waals surface area contributed by atoms with Crippen LogP contribution >= 0.6 is 0 Å². The molecule has 1 aromatic heterocycles. The maximum absolute atomic E-state index is 13.1. The second kappa shape index (κ2) is 8.39. The zero-order chi connectivity index (χ0) is 23.8. The van der Waals surface area contributed by atoms with Gasteiger partial charge < -0.3 is 24.4 Å². The molecule has 1 saturated heterocycles. The van der Waals surface area contributed by atoms with Gasteiger partial charge in [0.05, 0.1) is 5.69 Å². The maximum atomic E-state index is 13.1. The number of aliphatic hydroxyl groups is 1.